The Morgan fingerprint density at radius 2 is 1.12 bits per heavy atom. The van der Waals surface area contributed by atoms with Crippen LogP contribution in [0.5, 0.6) is 11.5 Å². The van der Waals surface area contributed by atoms with Crippen LogP contribution in [0.25, 0.3) is 22.3 Å². The van der Waals surface area contributed by atoms with E-state index in [2.05, 4.69) is 12.1 Å². The van der Waals surface area contributed by atoms with E-state index in [-0.39, 0.29) is 37.3 Å². The summed E-state index contributed by atoms with van der Waals surface area (Å²) in [4.78, 5) is 39.5. The van der Waals surface area contributed by atoms with Crippen LogP contribution in [0.15, 0.2) is 115 Å². The lowest BCUT2D eigenvalue weighted by atomic mass is 9.98. The van der Waals surface area contributed by atoms with Crippen molar-refractivity contribution in [3.63, 3.8) is 0 Å². The average Bonchev–Trinajstić information content (AvgIpc) is 3.62. The first-order valence-electron chi connectivity index (χ1n) is 15.9. The number of methoxy groups -OCH3 is 1. The van der Waals surface area contributed by atoms with Gasteiger partial charge < -0.3 is 24.1 Å². The lowest BCUT2D eigenvalue weighted by Gasteiger charge is -2.23. The van der Waals surface area contributed by atoms with Gasteiger partial charge in [0.25, 0.3) is 0 Å². The predicted molar refractivity (Wildman–Crippen MR) is 182 cm³/mol. The first-order valence-corrected chi connectivity index (χ1v) is 15.9. The number of nitrogens with zero attached hydrogens (tertiary/aromatic N) is 1. The predicted octanol–water partition coefficient (Wildman–Crippen LogP) is 7.86. The summed E-state index contributed by atoms with van der Waals surface area (Å²) in [6.07, 6.45) is -1.76. The van der Waals surface area contributed by atoms with Gasteiger partial charge in [0.2, 0.25) is 0 Å². The Labute approximate surface area is 283 Å². The molecule has 5 aromatic rings. The third-order valence-electron chi connectivity index (χ3n) is 9.08. The molecule has 0 aliphatic heterocycles. The smallest absolute Gasteiger partial charge is 0.497 e. The lowest BCUT2D eigenvalue weighted by Crippen LogP contribution is -2.36. The molecule has 2 aliphatic rings. The number of ether oxygens (including phenoxy) is 4. The number of carboxylic acids is 1. The first kappa shape index (κ1) is 31.5. The van der Waals surface area contributed by atoms with Crippen molar-refractivity contribution in [2.45, 2.75) is 18.4 Å². The van der Waals surface area contributed by atoms with Gasteiger partial charge in [-0.2, -0.15) is 0 Å². The average molecular weight is 656 g/mol. The molecule has 0 unspecified atom stereocenters. The van der Waals surface area contributed by atoms with E-state index in [0.29, 0.717) is 11.3 Å². The monoisotopic (exact) mass is 655 g/mol. The zero-order valence-electron chi connectivity index (χ0n) is 26.7. The fourth-order valence-electron chi connectivity index (χ4n) is 6.84. The molecule has 0 aromatic heterocycles. The normalized spacial score (nSPS) is 12.7. The van der Waals surface area contributed by atoms with Crippen LogP contribution in [0, 0.1) is 0 Å². The van der Waals surface area contributed by atoms with Crippen LogP contribution in [0.2, 0.25) is 0 Å². The summed E-state index contributed by atoms with van der Waals surface area (Å²) in [5.74, 6) is -1.11. The Morgan fingerprint density at radius 3 is 1.59 bits per heavy atom. The van der Waals surface area contributed by atoms with Crippen molar-refractivity contribution in [1.82, 2.24) is 4.90 Å². The molecule has 246 valence electrons. The molecule has 1 amide bonds. The van der Waals surface area contributed by atoms with Gasteiger partial charge in [-0.3, -0.25) is 9.69 Å². The van der Waals surface area contributed by atoms with Crippen molar-refractivity contribution in [3.05, 3.63) is 143 Å². The number of carboxylic acid groups (broad SMARTS) is 1. The molecule has 49 heavy (non-hydrogen) atoms. The molecular formula is C40H33NO8. The Bertz CT molecular complexity index is 1970. The highest BCUT2D eigenvalue weighted by molar-refractivity contribution is 5.81. The van der Waals surface area contributed by atoms with Crippen molar-refractivity contribution >= 4 is 18.2 Å². The Hall–Kier alpha value is -6.09. The second-order valence-corrected chi connectivity index (χ2v) is 11.9. The molecule has 0 saturated carbocycles. The van der Waals surface area contributed by atoms with E-state index >= 15 is 0 Å². The van der Waals surface area contributed by atoms with Gasteiger partial charge >= 0.3 is 18.2 Å². The zero-order valence-corrected chi connectivity index (χ0v) is 26.7. The third-order valence-corrected chi connectivity index (χ3v) is 9.08. The Balaban J connectivity index is 1.06. The van der Waals surface area contributed by atoms with Crippen LogP contribution in [0.4, 0.5) is 9.59 Å². The number of hydrogen-bond donors (Lipinski definition) is 1. The number of rotatable bonds is 10. The summed E-state index contributed by atoms with van der Waals surface area (Å²) in [5.41, 5.74) is 8.92. The minimum atomic E-state index is -1.22. The molecule has 2 aliphatic carbocycles. The molecule has 0 bridgehead atoms. The van der Waals surface area contributed by atoms with Crippen LogP contribution in [-0.4, -0.2) is 55.1 Å². The summed E-state index contributed by atoms with van der Waals surface area (Å²) in [6, 6.07) is 36.7. The van der Waals surface area contributed by atoms with Crippen molar-refractivity contribution in [1.29, 1.82) is 0 Å². The summed E-state index contributed by atoms with van der Waals surface area (Å²) < 4.78 is 22.4. The van der Waals surface area contributed by atoms with Crippen molar-refractivity contribution < 1.29 is 38.4 Å². The van der Waals surface area contributed by atoms with Gasteiger partial charge in [-0.1, -0.05) is 97.1 Å². The molecular weight excluding hydrogens is 622 g/mol. The summed E-state index contributed by atoms with van der Waals surface area (Å²) in [5, 5.41) is 9.69. The molecule has 0 heterocycles. The van der Waals surface area contributed by atoms with Crippen LogP contribution in [0.3, 0.4) is 0 Å². The molecule has 7 rings (SSSR count). The van der Waals surface area contributed by atoms with Gasteiger partial charge in [-0.05, 0) is 56.6 Å². The zero-order chi connectivity index (χ0) is 33.9. The first-order chi connectivity index (χ1) is 23.9. The molecule has 0 atom stereocenters. The number of hydrogen-bond acceptors (Lipinski definition) is 7. The minimum absolute atomic E-state index is 0.0225. The van der Waals surface area contributed by atoms with E-state index in [4.69, 9.17) is 18.9 Å². The summed E-state index contributed by atoms with van der Waals surface area (Å²) in [7, 11) is 1.47. The number of carbonyl (C=O) groups excluding carboxylic acids is 2. The molecule has 9 heteroatoms. The molecule has 9 nitrogen and oxygen atoms in total. The van der Waals surface area contributed by atoms with Crippen molar-refractivity contribution in [2.24, 2.45) is 0 Å². The third kappa shape index (κ3) is 6.30. The Morgan fingerprint density at radius 1 is 0.653 bits per heavy atom. The molecule has 5 aromatic carbocycles. The molecule has 0 fully saturated rings. The van der Waals surface area contributed by atoms with Gasteiger partial charge in [0.1, 0.15) is 31.3 Å². The van der Waals surface area contributed by atoms with Crippen LogP contribution >= 0.6 is 0 Å². The maximum absolute atomic E-state index is 13.5. The van der Waals surface area contributed by atoms with Crippen molar-refractivity contribution in [3.8, 4) is 33.8 Å². The highest BCUT2D eigenvalue weighted by Gasteiger charge is 2.32. The van der Waals surface area contributed by atoms with E-state index in [0.717, 1.165) is 49.4 Å². The number of aliphatic carboxylic acids is 1. The number of amides is 1. The van der Waals surface area contributed by atoms with Gasteiger partial charge in [0.15, 0.2) is 0 Å². The quantitative estimate of drug-likeness (QED) is 0.120. The van der Waals surface area contributed by atoms with Gasteiger partial charge in [0.05, 0.1) is 13.7 Å². The SMILES string of the molecule is COc1ccc(CN(CC(=O)O)C(=O)OCC2c3ccccc3-c3ccccc32)c(OC(=O)OCC2c3ccccc3-c3ccccc32)c1. The summed E-state index contributed by atoms with van der Waals surface area (Å²) >= 11 is 0. The van der Waals surface area contributed by atoms with E-state index in [1.165, 1.54) is 13.2 Å². The minimum Gasteiger partial charge on any atom is -0.497 e. The molecule has 0 saturated heterocycles. The van der Waals surface area contributed by atoms with Crippen LogP contribution in [0.1, 0.15) is 39.7 Å². The topological polar surface area (TPSA) is 112 Å². The van der Waals surface area contributed by atoms with Crippen LogP contribution < -0.4 is 9.47 Å². The highest BCUT2D eigenvalue weighted by atomic mass is 16.7. The molecule has 1 N–H and O–H groups in total. The lowest BCUT2D eigenvalue weighted by molar-refractivity contribution is -0.138. The van der Waals surface area contributed by atoms with Crippen molar-refractivity contribution in [2.75, 3.05) is 26.9 Å². The second kappa shape index (κ2) is 13.6. The van der Waals surface area contributed by atoms with E-state index in [1.54, 1.807) is 12.1 Å². The molecule has 0 spiro atoms. The van der Waals surface area contributed by atoms with E-state index < -0.39 is 24.8 Å². The maximum atomic E-state index is 13.5. The number of benzene rings is 5. The summed E-state index contributed by atoms with van der Waals surface area (Å²) in [6.45, 7) is -0.766. The fraction of sp³-hybridized carbons (Fsp3) is 0.175. The standard InChI is InChI=1S/C40H33NO8/c1-46-26-19-18-25(37(20-26)49-40(45)48-24-36-33-16-8-4-12-29(33)30-13-5-9-17-34(30)36)21-41(22-38(42)43)39(44)47-23-35-31-14-6-2-10-27(31)28-11-3-7-15-32(28)35/h2-20,35-36H,21-24H2,1H3,(H,42,43). The van der Waals surface area contributed by atoms with E-state index in [1.807, 2.05) is 84.9 Å². The number of carbonyl (C=O) groups is 3. The second-order valence-electron chi connectivity index (χ2n) is 11.9. The van der Waals surface area contributed by atoms with Crippen LogP contribution in [-0.2, 0) is 20.8 Å². The number of fused-ring (bicyclic) bond motifs is 6. The maximum Gasteiger partial charge on any atom is 0.513 e. The van der Waals surface area contributed by atoms with Gasteiger partial charge in [-0.15, -0.1) is 0 Å². The Kier molecular flexibility index (Phi) is 8.72. The van der Waals surface area contributed by atoms with E-state index in [9.17, 15) is 19.5 Å². The highest BCUT2D eigenvalue weighted by Crippen LogP contribution is 2.45. The van der Waals surface area contributed by atoms with Gasteiger partial charge in [-0.25, -0.2) is 9.59 Å². The molecule has 0 radical (unpaired) electrons. The largest absolute Gasteiger partial charge is 0.513 e. The van der Waals surface area contributed by atoms with Gasteiger partial charge in [0, 0.05) is 23.5 Å². The fourth-order valence-corrected chi connectivity index (χ4v) is 6.84.